The van der Waals surface area contributed by atoms with Gasteiger partial charge in [-0.2, -0.15) is 0 Å². The summed E-state index contributed by atoms with van der Waals surface area (Å²) < 4.78 is 0. The Bertz CT molecular complexity index is 1560. The second-order valence-electron chi connectivity index (χ2n) is 10.2. The summed E-state index contributed by atoms with van der Waals surface area (Å²) in [5, 5.41) is 6.27. The second kappa shape index (κ2) is 11.1. The van der Waals surface area contributed by atoms with Gasteiger partial charge in [0, 0.05) is 29.0 Å². The lowest BCUT2D eigenvalue weighted by molar-refractivity contribution is -0.140. The molecule has 39 heavy (non-hydrogen) atoms. The van der Waals surface area contributed by atoms with Crippen LogP contribution >= 0.6 is 11.3 Å². The number of fused-ring (bicyclic) bond motifs is 3. The van der Waals surface area contributed by atoms with Crippen LogP contribution in [-0.2, 0) is 15.0 Å². The van der Waals surface area contributed by atoms with Crippen LogP contribution in [0, 0.1) is 6.92 Å². The first-order chi connectivity index (χ1) is 18.9. The smallest absolute Gasteiger partial charge is 0.318 e. The summed E-state index contributed by atoms with van der Waals surface area (Å²) in [4.78, 5) is 31.0. The van der Waals surface area contributed by atoms with Gasteiger partial charge in [0.1, 0.15) is 5.71 Å². The Morgan fingerprint density at radius 3 is 2.08 bits per heavy atom. The summed E-state index contributed by atoms with van der Waals surface area (Å²) in [6, 6.07) is 24.5. The molecule has 4 aromatic rings. The van der Waals surface area contributed by atoms with Crippen LogP contribution < -0.4 is 0 Å². The summed E-state index contributed by atoms with van der Waals surface area (Å²) in [5.41, 5.74) is 8.91. The van der Waals surface area contributed by atoms with Gasteiger partial charge in [0.25, 0.3) is 0 Å². The number of hydrogen-bond donors (Lipinski definition) is 0. The molecule has 5 rings (SSSR count). The second-order valence-corrected chi connectivity index (χ2v) is 11.2. The number of hydrogen-bond acceptors (Lipinski definition) is 5. The van der Waals surface area contributed by atoms with Crippen molar-refractivity contribution in [1.29, 1.82) is 0 Å². The van der Waals surface area contributed by atoms with Crippen LogP contribution in [0.4, 0.5) is 0 Å². The highest BCUT2D eigenvalue weighted by atomic mass is 32.1. The van der Waals surface area contributed by atoms with E-state index in [-0.39, 0.29) is 11.2 Å². The Kier molecular flexibility index (Phi) is 7.62. The fourth-order valence-electron chi connectivity index (χ4n) is 6.06. The van der Waals surface area contributed by atoms with Crippen molar-refractivity contribution in [2.75, 3.05) is 0 Å². The van der Waals surface area contributed by atoms with E-state index in [2.05, 4.69) is 49.3 Å². The van der Waals surface area contributed by atoms with Crippen molar-refractivity contribution < 1.29 is 14.4 Å². The van der Waals surface area contributed by atoms with Gasteiger partial charge < -0.3 is 4.84 Å². The third-order valence-electron chi connectivity index (χ3n) is 7.66. The number of ketones is 1. The molecule has 0 saturated heterocycles. The lowest BCUT2D eigenvalue weighted by atomic mass is 9.71. The van der Waals surface area contributed by atoms with E-state index in [0.29, 0.717) is 5.71 Å². The predicted octanol–water partition coefficient (Wildman–Crippen LogP) is 8.47. The molecule has 1 aliphatic carbocycles. The summed E-state index contributed by atoms with van der Waals surface area (Å²) in [6.45, 7) is 7.84. The number of carbonyl (C=O) groups excluding carboxylic acids is 2. The molecule has 0 fully saturated rings. The van der Waals surface area contributed by atoms with Gasteiger partial charge in [-0.1, -0.05) is 86.4 Å². The number of carbonyl (C=O) groups is 2. The number of nitrogens with zero attached hydrogens (tertiary/aromatic N) is 1. The highest BCUT2D eigenvalue weighted by Crippen LogP contribution is 2.54. The first-order valence-corrected chi connectivity index (χ1v) is 14.5. The van der Waals surface area contributed by atoms with E-state index < -0.39 is 5.97 Å². The Balaban J connectivity index is 1.69. The van der Waals surface area contributed by atoms with Crippen LogP contribution in [0.1, 0.15) is 89.5 Å². The molecule has 0 spiro atoms. The molecule has 4 nitrogen and oxygen atoms in total. The summed E-state index contributed by atoms with van der Waals surface area (Å²) in [7, 11) is 0. The van der Waals surface area contributed by atoms with Crippen LogP contribution in [0.5, 0.6) is 0 Å². The first kappa shape index (κ1) is 26.8. The van der Waals surface area contributed by atoms with Gasteiger partial charge >= 0.3 is 5.97 Å². The molecular weight excluding hydrogens is 502 g/mol. The molecule has 5 heteroatoms. The van der Waals surface area contributed by atoms with E-state index in [1.807, 2.05) is 54.8 Å². The van der Waals surface area contributed by atoms with Crippen molar-refractivity contribution >= 4 is 28.8 Å². The fraction of sp³-hybridized carbons (Fsp3) is 0.265. The quantitative estimate of drug-likeness (QED) is 0.0935. The lowest BCUT2D eigenvalue weighted by Gasteiger charge is -2.32. The van der Waals surface area contributed by atoms with Gasteiger partial charge in [-0.3, -0.25) is 4.79 Å². The Labute approximate surface area is 234 Å². The molecular formula is C34H33NO3S. The maximum absolute atomic E-state index is 13.3. The molecule has 1 aliphatic rings. The molecule has 0 unspecified atom stereocenters. The maximum Gasteiger partial charge on any atom is 0.332 e. The van der Waals surface area contributed by atoms with Crippen molar-refractivity contribution in [3.8, 4) is 11.1 Å². The van der Waals surface area contributed by atoms with E-state index in [4.69, 9.17) is 4.84 Å². The maximum atomic E-state index is 13.3. The average molecular weight is 536 g/mol. The van der Waals surface area contributed by atoms with Crippen LogP contribution in [-0.4, -0.2) is 17.5 Å². The summed E-state index contributed by atoms with van der Waals surface area (Å²) in [6.07, 6.45) is 3.97. The minimum Gasteiger partial charge on any atom is -0.318 e. The molecule has 0 radical (unpaired) electrons. The van der Waals surface area contributed by atoms with Gasteiger partial charge in [0.2, 0.25) is 5.78 Å². The van der Waals surface area contributed by atoms with Crippen LogP contribution in [0.15, 0.2) is 83.3 Å². The number of oxime groups is 1. The zero-order chi connectivity index (χ0) is 27.6. The molecule has 1 heterocycles. The topological polar surface area (TPSA) is 55.7 Å². The van der Waals surface area contributed by atoms with Crippen LogP contribution in [0.2, 0.25) is 0 Å². The van der Waals surface area contributed by atoms with Crippen LogP contribution in [0.3, 0.4) is 0 Å². The number of aryl methyl sites for hydroxylation is 1. The van der Waals surface area contributed by atoms with E-state index in [9.17, 15) is 9.59 Å². The molecule has 0 amide bonds. The van der Waals surface area contributed by atoms with Gasteiger partial charge in [-0.05, 0) is 71.2 Å². The van der Waals surface area contributed by atoms with Gasteiger partial charge in [-0.25, -0.2) is 4.79 Å². The lowest BCUT2D eigenvalue weighted by Crippen LogP contribution is -2.25. The number of thiophene rings is 1. The monoisotopic (exact) mass is 535 g/mol. The molecule has 0 atom stereocenters. The van der Waals surface area contributed by atoms with Crippen LogP contribution in [0.25, 0.3) is 11.1 Å². The van der Waals surface area contributed by atoms with Crippen molar-refractivity contribution in [2.45, 2.75) is 58.8 Å². The van der Waals surface area contributed by atoms with E-state index in [1.165, 1.54) is 40.5 Å². The normalized spacial score (nSPS) is 13.6. The molecule has 0 aliphatic heterocycles. The zero-order valence-electron chi connectivity index (χ0n) is 22.9. The highest BCUT2D eigenvalue weighted by molar-refractivity contribution is 7.12. The molecule has 0 N–H and O–H groups in total. The Morgan fingerprint density at radius 2 is 1.49 bits per heavy atom. The van der Waals surface area contributed by atoms with E-state index in [1.54, 1.807) is 0 Å². The van der Waals surface area contributed by atoms with E-state index >= 15 is 0 Å². The van der Waals surface area contributed by atoms with Gasteiger partial charge in [0.15, 0.2) is 0 Å². The minimum atomic E-state index is -0.455. The number of rotatable bonds is 9. The fourth-order valence-corrected chi connectivity index (χ4v) is 6.74. The van der Waals surface area contributed by atoms with Gasteiger partial charge in [0.05, 0.1) is 4.88 Å². The number of benzene rings is 3. The Morgan fingerprint density at radius 1 is 0.846 bits per heavy atom. The van der Waals surface area contributed by atoms with E-state index in [0.717, 1.165) is 52.8 Å². The largest absolute Gasteiger partial charge is 0.332 e. The standard InChI is InChI=1S/C34H33NO3S/c1-5-17-34(18-6-2)29-20-24(32(35-38-23(4)36)26-11-8-7-10-22(26)3)13-15-27(29)28-16-14-25(21-30(28)34)33(37)31-12-9-19-39-31/h7-16,19-21H,5-6,17-18H2,1-4H3/b35-32+. The average Bonchev–Trinajstić information content (AvgIpc) is 3.56. The van der Waals surface area contributed by atoms with Crippen molar-refractivity contribution in [3.05, 3.63) is 116 Å². The Hall–Kier alpha value is -3.83. The van der Waals surface area contributed by atoms with Crippen molar-refractivity contribution in [2.24, 2.45) is 5.16 Å². The molecule has 0 saturated carbocycles. The SMILES string of the molecule is CCCC1(CCC)c2cc(C(=O)c3cccs3)ccc2-c2ccc(/C(=N\OC(C)=O)c3ccccc3C)cc21. The summed E-state index contributed by atoms with van der Waals surface area (Å²) in [5.74, 6) is -0.384. The molecule has 3 aromatic carbocycles. The molecule has 1 aromatic heterocycles. The summed E-state index contributed by atoms with van der Waals surface area (Å²) >= 11 is 1.48. The molecule has 0 bridgehead atoms. The third-order valence-corrected chi connectivity index (χ3v) is 8.53. The van der Waals surface area contributed by atoms with Crippen molar-refractivity contribution in [3.63, 3.8) is 0 Å². The third kappa shape index (κ3) is 4.87. The zero-order valence-corrected chi connectivity index (χ0v) is 23.7. The first-order valence-electron chi connectivity index (χ1n) is 13.6. The molecule has 198 valence electrons. The predicted molar refractivity (Wildman–Crippen MR) is 159 cm³/mol. The highest BCUT2D eigenvalue weighted by Gasteiger charge is 2.42. The minimum absolute atomic E-state index is 0.0710. The van der Waals surface area contributed by atoms with Gasteiger partial charge in [-0.15, -0.1) is 11.3 Å². The van der Waals surface area contributed by atoms with Crippen molar-refractivity contribution in [1.82, 2.24) is 0 Å².